The number of benzene rings is 2. The summed E-state index contributed by atoms with van der Waals surface area (Å²) in [6.45, 7) is 2.08. The molecule has 0 aliphatic heterocycles. The molecule has 114 valence electrons. The minimum Gasteiger partial charge on any atom is -0.508 e. The molecule has 4 N–H and O–H groups in total. The number of nitrogens with one attached hydrogen (secondary N) is 2. The first-order valence-corrected chi connectivity index (χ1v) is 6.69. The lowest BCUT2D eigenvalue weighted by molar-refractivity contribution is -0.119. The van der Waals surface area contributed by atoms with E-state index in [0.29, 0.717) is 5.56 Å². The quantitative estimate of drug-likeness (QED) is 0.501. The fourth-order valence-electron chi connectivity index (χ4n) is 1.71. The van der Waals surface area contributed by atoms with Crippen LogP contribution in [0.3, 0.4) is 0 Å². The van der Waals surface area contributed by atoms with Crippen molar-refractivity contribution in [2.75, 3.05) is 11.9 Å². The lowest BCUT2D eigenvalue weighted by atomic mass is 10.2. The predicted octanol–water partition coefficient (Wildman–Crippen LogP) is 1.97. The van der Waals surface area contributed by atoms with Gasteiger partial charge in [0.2, 0.25) is 0 Å². The van der Waals surface area contributed by atoms with Gasteiger partial charge in [0.1, 0.15) is 11.5 Å². The minimum atomic E-state index is -0.310. The number of rotatable bonds is 5. The van der Waals surface area contributed by atoms with Gasteiger partial charge in [0.15, 0.2) is 0 Å². The molecule has 0 bridgehead atoms. The maximum atomic E-state index is 11.6. The fraction of sp³-hybridized carbons (Fsp3) is 0.125. The van der Waals surface area contributed by atoms with E-state index in [4.69, 9.17) is 5.11 Å². The van der Waals surface area contributed by atoms with Crippen molar-refractivity contribution in [1.82, 2.24) is 5.43 Å². The summed E-state index contributed by atoms with van der Waals surface area (Å²) in [6.07, 6.45) is 1.30. The molecule has 0 fully saturated rings. The van der Waals surface area contributed by atoms with Crippen LogP contribution in [0.1, 0.15) is 11.1 Å². The number of carbonyl (C=O) groups is 1. The summed E-state index contributed by atoms with van der Waals surface area (Å²) >= 11 is 0. The van der Waals surface area contributed by atoms with Gasteiger partial charge in [-0.1, -0.05) is 17.7 Å². The van der Waals surface area contributed by atoms with Crippen LogP contribution in [0.15, 0.2) is 47.6 Å². The molecule has 0 atom stereocenters. The zero-order chi connectivity index (χ0) is 15.9. The number of amides is 1. The Kier molecular flexibility index (Phi) is 4.98. The van der Waals surface area contributed by atoms with Crippen molar-refractivity contribution in [3.8, 4) is 11.5 Å². The molecule has 0 heterocycles. The molecule has 6 heteroatoms. The Morgan fingerprint density at radius 1 is 1.18 bits per heavy atom. The van der Waals surface area contributed by atoms with E-state index in [1.807, 2.05) is 31.2 Å². The molecule has 0 aliphatic carbocycles. The number of hydrogen-bond donors (Lipinski definition) is 4. The summed E-state index contributed by atoms with van der Waals surface area (Å²) in [4.78, 5) is 11.6. The van der Waals surface area contributed by atoms with Gasteiger partial charge >= 0.3 is 0 Å². The van der Waals surface area contributed by atoms with E-state index < -0.39 is 0 Å². The molecule has 1 amide bonds. The van der Waals surface area contributed by atoms with Crippen molar-refractivity contribution in [1.29, 1.82) is 0 Å². The molecular formula is C16H17N3O3. The number of nitrogens with zero attached hydrogens (tertiary/aromatic N) is 1. The van der Waals surface area contributed by atoms with Crippen LogP contribution in [0.2, 0.25) is 0 Å². The molecule has 22 heavy (non-hydrogen) atoms. The third-order valence-corrected chi connectivity index (χ3v) is 2.91. The normalized spacial score (nSPS) is 10.6. The highest BCUT2D eigenvalue weighted by atomic mass is 16.3. The van der Waals surface area contributed by atoms with Crippen LogP contribution in [-0.2, 0) is 4.79 Å². The minimum absolute atomic E-state index is 0.0408. The Morgan fingerprint density at radius 2 is 1.91 bits per heavy atom. The maximum absolute atomic E-state index is 11.6. The highest BCUT2D eigenvalue weighted by molar-refractivity contribution is 5.86. The highest BCUT2D eigenvalue weighted by Crippen LogP contribution is 2.20. The number of carbonyl (C=O) groups excluding carboxylic acids is 1. The first kappa shape index (κ1) is 15.4. The zero-order valence-electron chi connectivity index (χ0n) is 12.1. The highest BCUT2D eigenvalue weighted by Gasteiger charge is 2.01. The van der Waals surface area contributed by atoms with E-state index >= 15 is 0 Å². The standard InChI is InChI=1S/C16H17N3O3/c1-11-2-5-13(6-3-11)17-10-16(22)19-18-9-12-4-7-14(20)8-15(12)21/h2-9,17,20-21H,10H2,1H3,(H,19,22)/b18-9+. The summed E-state index contributed by atoms with van der Waals surface area (Å²) in [7, 11) is 0. The number of hydrogen-bond acceptors (Lipinski definition) is 5. The zero-order valence-corrected chi connectivity index (χ0v) is 12.1. The molecule has 0 spiro atoms. The molecule has 6 nitrogen and oxygen atoms in total. The number of phenolic OH excluding ortho intramolecular Hbond substituents is 2. The van der Waals surface area contributed by atoms with Crippen molar-refractivity contribution < 1.29 is 15.0 Å². The van der Waals surface area contributed by atoms with E-state index in [0.717, 1.165) is 11.3 Å². The molecule has 0 saturated heterocycles. The van der Waals surface area contributed by atoms with Gasteiger partial charge < -0.3 is 15.5 Å². The predicted molar refractivity (Wildman–Crippen MR) is 85.2 cm³/mol. The second kappa shape index (κ2) is 7.12. The Balaban J connectivity index is 1.82. The number of hydrazone groups is 1. The molecule has 2 aromatic carbocycles. The smallest absolute Gasteiger partial charge is 0.259 e. The van der Waals surface area contributed by atoms with Gasteiger partial charge in [0.25, 0.3) is 5.91 Å². The monoisotopic (exact) mass is 299 g/mol. The van der Waals surface area contributed by atoms with Crippen LogP contribution >= 0.6 is 0 Å². The SMILES string of the molecule is Cc1ccc(NCC(=O)N/N=C/c2ccc(O)cc2O)cc1. The third kappa shape index (κ3) is 4.52. The van der Waals surface area contributed by atoms with Crippen molar-refractivity contribution in [2.24, 2.45) is 5.10 Å². The van der Waals surface area contributed by atoms with E-state index in [9.17, 15) is 9.90 Å². The van der Waals surface area contributed by atoms with Gasteiger partial charge in [-0.2, -0.15) is 5.10 Å². The van der Waals surface area contributed by atoms with Crippen LogP contribution in [-0.4, -0.2) is 28.9 Å². The lowest BCUT2D eigenvalue weighted by Gasteiger charge is -2.05. The van der Waals surface area contributed by atoms with Gasteiger partial charge in [0.05, 0.1) is 12.8 Å². The van der Waals surface area contributed by atoms with E-state index in [-0.39, 0.29) is 24.0 Å². The van der Waals surface area contributed by atoms with Gasteiger partial charge in [-0.15, -0.1) is 0 Å². The number of aromatic hydroxyl groups is 2. The third-order valence-electron chi connectivity index (χ3n) is 2.91. The molecule has 2 aromatic rings. The molecule has 2 rings (SSSR count). The summed E-state index contributed by atoms with van der Waals surface area (Å²) < 4.78 is 0. The van der Waals surface area contributed by atoms with E-state index in [2.05, 4.69) is 15.8 Å². The number of aryl methyl sites for hydroxylation is 1. The van der Waals surface area contributed by atoms with Crippen molar-refractivity contribution in [3.05, 3.63) is 53.6 Å². The molecule has 0 saturated carbocycles. The summed E-state index contributed by atoms with van der Waals surface area (Å²) in [5.41, 5.74) is 4.74. The van der Waals surface area contributed by atoms with Crippen LogP contribution in [0.4, 0.5) is 5.69 Å². The molecule has 0 unspecified atom stereocenters. The first-order chi connectivity index (χ1) is 10.5. The van der Waals surface area contributed by atoms with Crippen molar-refractivity contribution >= 4 is 17.8 Å². The Bertz CT molecular complexity index is 682. The van der Waals surface area contributed by atoms with Crippen LogP contribution in [0.5, 0.6) is 11.5 Å². The Labute approximate surface area is 128 Å². The van der Waals surface area contributed by atoms with Crippen LogP contribution in [0.25, 0.3) is 0 Å². The average molecular weight is 299 g/mol. The summed E-state index contributed by atoms with van der Waals surface area (Å²) in [5, 5.41) is 25.4. The number of phenols is 2. The second-order valence-corrected chi connectivity index (χ2v) is 4.76. The molecule has 0 aliphatic rings. The second-order valence-electron chi connectivity index (χ2n) is 4.76. The van der Waals surface area contributed by atoms with Gasteiger partial charge in [-0.05, 0) is 31.2 Å². The fourth-order valence-corrected chi connectivity index (χ4v) is 1.71. The maximum Gasteiger partial charge on any atom is 0.259 e. The molecular weight excluding hydrogens is 282 g/mol. The Hall–Kier alpha value is -3.02. The number of anilines is 1. The topological polar surface area (TPSA) is 94.0 Å². The first-order valence-electron chi connectivity index (χ1n) is 6.69. The lowest BCUT2D eigenvalue weighted by Crippen LogP contribution is -2.25. The van der Waals surface area contributed by atoms with Gasteiger partial charge in [-0.25, -0.2) is 5.43 Å². The summed E-state index contributed by atoms with van der Waals surface area (Å²) in [5.74, 6) is -0.466. The van der Waals surface area contributed by atoms with Crippen molar-refractivity contribution in [2.45, 2.75) is 6.92 Å². The van der Waals surface area contributed by atoms with Gasteiger partial charge in [0, 0.05) is 17.3 Å². The van der Waals surface area contributed by atoms with Crippen molar-refractivity contribution in [3.63, 3.8) is 0 Å². The van der Waals surface area contributed by atoms with Crippen LogP contribution < -0.4 is 10.7 Å². The van der Waals surface area contributed by atoms with Gasteiger partial charge in [-0.3, -0.25) is 4.79 Å². The van der Waals surface area contributed by atoms with E-state index in [1.54, 1.807) is 0 Å². The van der Waals surface area contributed by atoms with E-state index in [1.165, 1.54) is 24.4 Å². The Morgan fingerprint density at radius 3 is 2.59 bits per heavy atom. The summed E-state index contributed by atoms with van der Waals surface area (Å²) in [6, 6.07) is 11.8. The molecule has 0 radical (unpaired) electrons. The largest absolute Gasteiger partial charge is 0.508 e. The molecule has 0 aromatic heterocycles. The van der Waals surface area contributed by atoms with Crippen LogP contribution in [0, 0.1) is 6.92 Å². The average Bonchev–Trinajstić information content (AvgIpc) is 2.49.